The third-order valence-electron chi connectivity index (χ3n) is 5.81. The monoisotopic (exact) mass is 413 g/mol. The summed E-state index contributed by atoms with van der Waals surface area (Å²) < 4.78 is 9.02. The maximum absolute atomic E-state index is 13.3. The van der Waals surface area contributed by atoms with Crippen molar-refractivity contribution in [2.24, 2.45) is 14.1 Å². The Morgan fingerprint density at radius 3 is 2.69 bits per heavy atom. The van der Waals surface area contributed by atoms with Crippen LogP contribution in [0, 0.1) is 6.92 Å². The first-order valence-electron chi connectivity index (χ1n) is 9.53. The average Bonchev–Trinajstić information content (AvgIpc) is 3.21. The van der Waals surface area contributed by atoms with Crippen LogP contribution in [0.4, 0.5) is 0 Å². The minimum atomic E-state index is -0.162. The largest absolute Gasteiger partial charge is 0.495 e. The molecule has 0 fully saturated rings. The number of carbonyl (C=O) groups is 1. The predicted molar refractivity (Wildman–Crippen MR) is 111 cm³/mol. The number of ether oxygens (including phenoxy) is 1. The van der Waals surface area contributed by atoms with Crippen molar-refractivity contribution in [2.75, 3.05) is 13.7 Å². The van der Waals surface area contributed by atoms with Gasteiger partial charge in [0, 0.05) is 37.5 Å². The molecule has 7 nitrogen and oxygen atoms in total. The molecule has 0 N–H and O–H groups in total. The number of hydrogen-bond acceptors (Lipinski definition) is 4. The third kappa shape index (κ3) is 3.00. The van der Waals surface area contributed by atoms with E-state index >= 15 is 0 Å². The van der Waals surface area contributed by atoms with Gasteiger partial charge in [-0.25, -0.2) is 0 Å². The Labute approximate surface area is 174 Å². The Bertz CT molecular complexity index is 1100. The molecule has 0 saturated carbocycles. The number of methoxy groups -OCH3 is 1. The van der Waals surface area contributed by atoms with Gasteiger partial charge in [0.2, 0.25) is 0 Å². The third-order valence-corrected chi connectivity index (χ3v) is 6.20. The lowest BCUT2D eigenvalue weighted by Crippen LogP contribution is -2.39. The van der Waals surface area contributed by atoms with Gasteiger partial charge in [-0.3, -0.25) is 14.2 Å². The maximum Gasteiger partial charge on any atom is 0.256 e. The van der Waals surface area contributed by atoms with Crippen molar-refractivity contribution in [2.45, 2.75) is 26.3 Å². The summed E-state index contributed by atoms with van der Waals surface area (Å²) in [6, 6.07) is 5.10. The van der Waals surface area contributed by atoms with Gasteiger partial charge in [0.05, 0.1) is 41.3 Å². The second kappa shape index (κ2) is 7.22. The van der Waals surface area contributed by atoms with Crippen LogP contribution in [-0.4, -0.2) is 44.0 Å². The number of rotatable bonds is 3. The van der Waals surface area contributed by atoms with Crippen molar-refractivity contribution in [1.29, 1.82) is 0 Å². The van der Waals surface area contributed by atoms with E-state index < -0.39 is 0 Å². The summed E-state index contributed by atoms with van der Waals surface area (Å²) in [6.45, 7) is 4.66. The van der Waals surface area contributed by atoms with Crippen molar-refractivity contribution in [3.63, 3.8) is 0 Å². The van der Waals surface area contributed by atoms with Gasteiger partial charge in [-0.2, -0.15) is 10.2 Å². The van der Waals surface area contributed by atoms with E-state index in [2.05, 4.69) is 12.0 Å². The molecule has 29 heavy (non-hydrogen) atoms. The van der Waals surface area contributed by atoms with Crippen molar-refractivity contribution < 1.29 is 9.53 Å². The number of fused-ring (bicyclic) bond motifs is 1. The maximum atomic E-state index is 13.3. The van der Waals surface area contributed by atoms with Gasteiger partial charge >= 0.3 is 0 Å². The molecule has 2 aromatic heterocycles. The molecule has 0 spiro atoms. The van der Waals surface area contributed by atoms with Crippen molar-refractivity contribution in [1.82, 2.24) is 24.5 Å². The van der Waals surface area contributed by atoms with Gasteiger partial charge in [0.1, 0.15) is 5.75 Å². The zero-order valence-corrected chi connectivity index (χ0v) is 18.0. The summed E-state index contributed by atoms with van der Waals surface area (Å²) >= 11 is 6.40. The Morgan fingerprint density at radius 2 is 2.03 bits per heavy atom. The Kier molecular flexibility index (Phi) is 4.86. The quantitative estimate of drug-likeness (QED) is 0.658. The second-order valence-corrected chi connectivity index (χ2v) is 7.73. The lowest BCUT2D eigenvalue weighted by Gasteiger charge is -2.33. The summed E-state index contributed by atoms with van der Waals surface area (Å²) in [7, 11) is 5.42. The van der Waals surface area contributed by atoms with Crippen LogP contribution >= 0.6 is 11.6 Å². The van der Waals surface area contributed by atoms with E-state index in [1.54, 1.807) is 25.3 Å². The van der Waals surface area contributed by atoms with Gasteiger partial charge in [0.25, 0.3) is 5.91 Å². The summed E-state index contributed by atoms with van der Waals surface area (Å²) in [5.41, 5.74) is 5.78. The Hall–Kier alpha value is -2.80. The van der Waals surface area contributed by atoms with Crippen LogP contribution in [0.15, 0.2) is 24.4 Å². The van der Waals surface area contributed by atoms with Gasteiger partial charge in [-0.15, -0.1) is 0 Å². The summed E-state index contributed by atoms with van der Waals surface area (Å²) in [5.74, 6) is 0.381. The minimum absolute atomic E-state index is 0.114. The van der Waals surface area contributed by atoms with E-state index in [1.165, 1.54) is 5.56 Å². The summed E-state index contributed by atoms with van der Waals surface area (Å²) in [6.07, 6.45) is 2.61. The minimum Gasteiger partial charge on any atom is -0.495 e. The highest BCUT2D eigenvalue weighted by Gasteiger charge is 2.34. The van der Waals surface area contributed by atoms with Gasteiger partial charge in [-0.1, -0.05) is 17.7 Å². The fraction of sp³-hybridized carbons (Fsp3) is 0.381. The highest BCUT2D eigenvalue weighted by Crippen LogP contribution is 2.38. The van der Waals surface area contributed by atoms with Crippen LogP contribution in [0.5, 0.6) is 5.75 Å². The first-order valence-corrected chi connectivity index (χ1v) is 9.91. The molecule has 0 saturated heterocycles. The smallest absolute Gasteiger partial charge is 0.256 e. The molecule has 4 rings (SSSR count). The number of hydrogen-bond donors (Lipinski definition) is 0. The standard InChI is InChI=1S/C21H24ClN5O2/c1-12-16(11-23-25(12)3)20-15-9-10-27(13(2)19(15)24-26(20)4)21(28)14-7-6-8-17(29-5)18(14)22/h6-8,11,13H,9-10H2,1-5H3/t13-/m0/s1. The molecule has 1 aliphatic heterocycles. The highest BCUT2D eigenvalue weighted by atomic mass is 35.5. The first kappa shape index (κ1) is 19.5. The molecule has 0 unspecified atom stereocenters. The van der Waals surface area contributed by atoms with Crippen molar-refractivity contribution in [3.05, 3.63) is 51.9 Å². The SMILES string of the molecule is COc1cccc(C(=O)N2CCc3c(nn(C)c3-c3cnn(C)c3C)[C@@H]2C)c1Cl. The van der Waals surface area contributed by atoms with Crippen LogP contribution in [0.1, 0.15) is 40.3 Å². The molecular weight excluding hydrogens is 390 g/mol. The highest BCUT2D eigenvalue weighted by molar-refractivity contribution is 6.35. The molecule has 8 heteroatoms. The summed E-state index contributed by atoms with van der Waals surface area (Å²) in [5, 5.41) is 9.48. The molecule has 0 aliphatic carbocycles. The van der Waals surface area contributed by atoms with Crippen LogP contribution in [0.2, 0.25) is 5.02 Å². The fourth-order valence-corrected chi connectivity index (χ4v) is 4.36. The lowest BCUT2D eigenvalue weighted by atomic mass is 9.95. The number of nitrogens with zero attached hydrogens (tertiary/aromatic N) is 5. The lowest BCUT2D eigenvalue weighted by molar-refractivity contribution is 0.0673. The van der Waals surface area contributed by atoms with E-state index in [0.717, 1.165) is 29.1 Å². The summed E-state index contributed by atoms with van der Waals surface area (Å²) in [4.78, 5) is 15.1. The van der Waals surface area contributed by atoms with Crippen molar-refractivity contribution >= 4 is 17.5 Å². The van der Waals surface area contributed by atoms with E-state index in [0.29, 0.717) is 22.9 Å². The molecule has 1 amide bonds. The number of aryl methyl sites for hydroxylation is 2. The number of halogens is 1. The number of amides is 1. The number of benzene rings is 1. The second-order valence-electron chi connectivity index (χ2n) is 7.35. The molecule has 0 bridgehead atoms. The number of aromatic nitrogens is 4. The van der Waals surface area contributed by atoms with Crippen molar-refractivity contribution in [3.8, 4) is 17.0 Å². The normalized spacial score (nSPS) is 16.1. The predicted octanol–water partition coefficient (Wildman–Crippen LogP) is 3.55. The van der Waals surface area contributed by atoms with Crippen LogP contribution in [-0.2, 0) is 20.5 Å². The Balaban J connectivity index is 1.72. The van der Waals surface area contributed by atoms with E-state index in [9.17, 15) is 4.79 Å². The molecule has 1 atom stereocenters. The van der Waals surface area contributed by atoms with Gasteiger partial charge in [-0.05, 0) is 32.4 Å². The average molecular weight is 414 g/mol. The molecule has 3 heterocycles. The van der Waals surface area contributed by atoms with Gasteiger partial charge < -0.3 is 9.64 Å². The molecule has 1 aromatic carbocycles. The van der Waals surface area contributed by atoms with Crippen LogP contribution in [0.25, 0.3) is 11.3 Å². The fourth-order valence-electron chi connectivity index (χ4n) is 4.08. The molecule has 152 valence electrons. The van der Waals surface area contributed by atoms with E-state index in [4.69, 9.17) is 21.4 Å². The van der Waals surface area contributed by atoms with E-state index in [1.807, 2.05) is 41.5 Å². The van der Waals surface area contributed by atoms with Crippen LogP contribution < -0.4 is 4.74 Å². The molecule has 0 radical (unpaired) electrons. The molecular formula is C21H24ClN5O2. The zero-order valence-electron chi connectivity index (χ0n) is 17.2. The first-order chi connectivity index (χ1) is 13.8. The molecule has 3 aromatic rings. The zero-order chi connectivity index (χ0) is 20.9. The van der Waals surface area contributed by atoms with Gasteiger partial charge in [0.15, 0.2) is 0 Å². The van der Waals surface area contributed by atoms with E-state index in [-0.39, 0.29) is 11.9 Å². The topological polar surface area (TPSA) is 65.2 Å². The molecule has 1 aliphatic rings. The Morgan fingerprint density at radius 1 is 1.28 bits per heavy atom. The van der Waals surface area contributed by atoms with Crippen LogP contribution in [0.3, 0.4) is 0 Å². The number of carbonyl (C=O) groups excluding carboxylic acids is 1.